The third-order valence-corrected chi connectivity index (χ3v) is 4.02. The van der Waals surface area contributed by atoms with E-state index in [9.17, 15) is 22.8 Å². The zero-order valence-electron chi connectivity index (χ0n) is 12.1. The molecule has 1 unspecified atom stereocenters. The summed E-state index contributed by atoms with van der Waals surface area (Å²) in [6.45, 7) is 1.92. The van der Waals surface area contributed by atoms with Crippen LogP contribution in [0.3, 0.4) is 0 Å². The van der Waals surface area contributed by atoms with E-state index in [1.807, 2.05) is 6.92 Å². The van der Waals surface area contributed by atoms with Crippen molar-refractivity contribution in [1.29, 1.82) is 0 Å². The summed E-state index contributed by atoms with van der Waals surface area (Å²) in [7, 11) is 0. The number of rotatable bonds is 6. The van der Waals surface area contributed by atoms with Crippen molar-refractivity contribution in [2.24, 2.45) is 11.8 Å². The van der Waals surface area contributed by atoms with E-state index >= 15 is 0 Å². The Bertz CT molecular complexity index is 363. The van der Waals surface area contributed by atoms with Gasteiger partial charge in [0.15, 0.2) is 0 Å². The number of hydrogen-bond donors (Lipinski definition) is 2. The highest BCUT2D eigenvalue weighted by atomic mass is 19.4. The molecule has 0 spiro atoms. The van der Waals surface area contributed by atoms with Crippen LogP contribution in [0, 0.1) is 11.8 Å². The standard InChI is InChI=1S/C14H22F3NO3/c1-2-3-4-11(13(20)21)18-12(19)9-5-7-10(8-6-9)14(15,16)17/h9-11H,2-8H2,1H3,(H,18,19)(H,20,21). The maximum atomic E-state index is 12.5. The fourth-order valence-corrected chi connectivity index (χ4v) is 2.64. The van der Waals surface area contributed by atoms with Crippen LogP contribution >= 0.6 is 0 Å². The summed E-state index contributed by atoms with van der Waals surface area (Å²) in [6.07, 6.45) is -2.16. The Morgan fingerprint density at radius 2 is 1.81 bits per heavy atom. The Hall–Kier alpha value is -1.27. The molecule has 1 aliphatic carbocycles. The van der Waals surface area contributed by atoms with Crippen LogP contribution < -0.4 is 5.32 Å². The highest BCUT2D eigenvalue weighted by Gasteiger charge is 2.42. The van der Waals surface area contributed by atoms with Crippen LogP contribution in [-0.4, -0.2) is 29.2 Å². The van der Waals surface area contributed by atoms with E-state index in [1.54, 1.807) is 0 Å². The van der Waals surface area contributed by atoms with Gasteiger partial charge in [0.25, 0.3) is 0 Å². The highest BCUT2D eigenvalue weighted by molar-refractivity contribution is 5.84. The monoisotopic (exact) mass is 309 g/mol. The van der Waals surface area contributed by atoms with Crippen LogP contribution in [0.25, 0.3) is 0 Å². The summed E-state index contributed by atoms with van der Waals surface area (Å²) in [5, 5.41) is 11.5. The summed E-state index contributed by atoms with van der Waals surface area (Å²) >= 11 is 0. The van der Waals surface area contributed by atoms with Gasteiger partial charge in [-0.1, -0.05) is 19.8 Å². The van der Waals surface area contributed by atoms with Crippen LogP contribution in [0.2, 0.25) is 0 Å². The number of carbonyl (C=O) groups is 2. The summed E-state index contributed by atoms with van der Waals surface area (Å²) in [5.41, 5.74) is 0. The molecular weight excluding hydrogens is 287 g/mol. The Labute approximate surface area is 122 Å². The van der Waals surface area contributed by atoms with E-state index in [0.717, 1.165) is 6.42 Å². The molecule has 1 fully saturated rings. The van der Waals surface area contributed by atoms with Crippen molar-refractivity contribution in [3.8, 4) is 0 Å². The molecule has 4 nitrogen and oxygen atoms in total. The lowest BCUT2D eigenvalue weighted by atomic mass is 9.81. The van der Waals surface area contributed by atoms with Crippen molar-refractivity contribution < 1.29 is 27.9 Å². The number of alkyl halides is 3. The van der Waals surface area contributed by atoms with Crippen LogP contribution in [0.15, 0.2) is 0 Å². The van der Waals surface area contributed by atoms with Gasteiger partial charge >= 0.3 is 12.1 Å². The first kappa shape index (κ1) is 17.8. The molecule has 2 N–H and O–H groups in total. The van der Waals surface area contributed by atoms with Gasteiger partial charge in [-0.3, -0.25) is 4.79 Å². The fraction of sp³-hybridized carbons (Fsp3) is 0.857. The smallest absolute Gasteiger partial charge is 0.391 e. The maximum absolute atomic E-state index is 12.5. The molecule has 0 radical (unpaired) electrons. The molecule has 1 amide bonds. The van der Waals surface area contributed by atoms with Gasteiger partial charge in [-0.25, -0.2) is 4.79 Å². The fourth-order valence-electron chi connectivity index (χ4n) is 2.64. The third kappa shape index (κ3) is 5.55. The number of amides is 1. The number of carboxylic acid groups (broad SMARTS) is 1. The average Bonchev–Trinajstić information content (AvgIpc) is 2.42. The van der Waals surface area contributed by atoms with Crippen LogP contribution in [0.4, 0.5) is 13.2 Å². The predicted molar refractivity (Wildman–Crippen MR) is 70.6 cm³/mol. The predicted octanol–water partition coefficient (Wildman–Crippen LogP) is 3.11. The van der Waals surface area contributed by atoms with Crippen LogP contribution in [0.5, 0.6) is 0 Å². The summed E-state index contributed by atoms with van der Waals surface area (Å²) < 4.78 is 37.6. The molecule has 1 saturated carbocycles. The van der Waals surface area contributed by atoms with Gasteiger partial charge in [-0.15, -0.1) is 0 Å². The van der Waals surface area contributed by atoms with E-state index in [1.165, 1.54) is 0 Å². The minimum atomic E-state index is -4.20. The minimum Gasteiger partial charge on any atom is -0.480 e. The molecule has 1 aliphatic rings. The van der Waals surface area contributed by atoms with Gasteiger partial charge in [0.05, 0.1) is 5.92 Å². The lowest BCUT2D eigenvalue weighted by Crippen LogP contribution is -2.44. The summed E-state index contributed by atoms with van der Waals surface area (Å²) in [6, 6.07) is -0.946. The van der Waals surface area contributed by atoms with Crippen molar-refractivity contribution in [1.82, 2.24) is 5.32 Å². The molecule has 21 heavy (non-hydrogen) atoms. The first-order valence-corrected chi connectivity index (χ1v) is 7.35. The Morgan fingerprint density at radius 3 is 2.24 bits per heavy atom. The van der Waals surface area contributed by atoms with Gasteiger partial charge in [0, 0.05) is 5.92 Å². The van der Waals surface area contributed by atoms with E-state index in [2.05, 4.69) is 5.32 Å². The number of aliphatic carboxylic acids is 1. The molecule has 7 heteroatoms. The van der Waals surface area contributed by atoms with Crippen molar-refractivity contribution >= 4 is 11.9 Å². The molecule has 0 aliphatic heterocycles. The molecule has 1 atom stereocenters. The number of carbonyl (C=O) groups excluding carboxylic acids is 1. The second-order valence-corrected chi connectivity index (χ2v) is 5.63. The van der Waals surface area contributed by atoms with E-state index in [-0.39, 0.29) is 25.7 Å². The summed E-state index contributed by atoms with van der Waals surface area (Å²) in [5.74, 6) is -3.37. The largest absolute Gasteiger partial charge is 0.480 e. The molecule has 0 aromatic heterocycles. The number of carboxylic acids is 1. The first-order valence-electron chi connectivity index (χ1n) is 7.35. The number of halogens is 3. The molecule has 0 aromatic carbocycles. The lowest BCUT2D eigenvalue weighted by Gasteiger charge is -2.29. The second kappa shape index (κ2) is 7.66. The molecular formula is C14H22F3NO3. The summed E-state index contributed by atoms with van der Waals surface area (Å²) in [4.78, 5) is 23.0. The van der Waals surface area contributed by atoms with Crippen molar-refractivity contribution in [3.63, 3.8) is 0 Å². The minimum absolute atomic E-state index is 0.0612. The van der Waals surface area contributed by atoms with Gasteiger partial charge in [0.2, 0.25) is 5.91 Å². The lowest BCUT2D eigenvalue weighted by molar-refractivity contribution is -0.184. The number of unbranched alkanes of at least 4 members (excludes halogenated alkanes) is 1. The van der Waals surface area contributed by atoms with Crippen LogP contribution in [-0.2, 0) is 9.59 Å². The second-order valence-electron chi connectivity index (χ2n) is 5.63. The van der Waals surface area contributed by atoms with Crippen molar-refractivity contribution in [3.05, 3.63) is 0 Å². The van der Waals surface area contributed by atoms with E-state index < -0.39 is 35.9 Å². The number of hydrogen-bond acceptors (Lipinski definition) is 2. The molecule has 1 rings (SSSR count). The molecule has 0 aromatic rings. The Kier molecular flexibility index (Phi) is 6.48. The van der Waals surface area contributed by atoms with Gasteiger partial charge in [0.1, 0.15) is 6.04 Å². The SMILES string of the molecule is CCCCC(NC(=O)C1CCC(C(F)(F)F)CC1)C(=O)O. The molecule has 122 valence electrons. The maximum Gasteiger partial charge on any atom is 0.391 e. The Morgan fingerprint density at radius 1 is 1.24 bits per heavy atom. The average molecular weight is 309 g/mol. The van der Waals surface area contributed by atoms with E-state index in [0.29, 0.717) is 12.8 Å². The Balaban J connectivity index is 2.47. The third-order valence-electron chi connectivity index (χ3n) is 4.02. The van der Waals surface area contributed by atoms with Gasteiger partial charge in [-0.05, 0) is 32.1 Å². The normalized spacial score (nSPS) is 24.4. The van der Waals surface area contributed by atoms with E-state index in [4.69, 9.17) is 5.11 Å². The molecule has 0 saturated heterocycles. The zero-order valence-corrected chi connectivity index (χ0v) is 12.1. The first-order chi connectivity index (χ1) is 9.75. The zero-order chi connectivity index (χ0) is 16.0. The number of nitrogens with one attached hydrogen (secondary N) is 1. The molecule has 0 bridgehead atoms. The van der Waals surface area contributed by atoms with Crippen molar-refractivity contribution in [2.75, 3.05) is 0 Å². The van der Waals surface area contributed by atoms with Gasteiger partial charge < -0.3 is 10.4 Å². The van der Waals surface area contributed by atoms with Crippen LogP contribution in [0.1, 0.15) is 51.9 Å². The topological polar surface area (TPSA) is 66.4 Å². The van der Waals surface area contributed by atoms with Crippen molar-refractivity contribution in [2.45, 2.75) is 64.1 Å². The molecule has 0 heterocycles. The van der Waals surface area contributed by atoms with Gasteiger partial charge in [-0.2, -0.15) is 13.2 Å². The highest BCUT2D eigenvalue weighted by Crippen LogP contribution is 2.39. The quantitative estimate of drug-likeness (QED) is 0.792.